The summed E-state index contributed by atoms with van der Waals surface area (Å²) in [4.78, 5) is 30.9. The zero-order chi connectivity index (χ0) is 39.6. The molecule has 0 spiro atoms. The minimum absolute atomic E-state index is 0.0872. The first-order chi connectivity index (χ1) is 27.0. The van der Waals surface area contributed by atoms with Crippen LogP contribution in [0.1, 0.15) is 49.4 Å². The molecule has 7 rings (SSSR count). The molecule has 3 fully saturated rings. The van der Waals surface area contributed by atoms with Gasteiger partial charge in [0.05, 0.1) is 25.5 Å². The van der Waals surface area contributed by atoms with Crippen LogP contribution < -0.4 is 4.74 Å². The third-order valence-electron chi connectivity index (χ3n) is 11.7. The Hall–Kier alpha value is -5.15. The average molecular weight is 760 g/mol. The molecular formula is C46H57N5O5+2. The first-order valence-electron chi connectivity index (χ1n) is 19.9. The quantitative estimate of drug-likeness (QED) is 0.0269. The molecule has 10 heteroatoms. The van der Waals surface area contributed by atoms with Crippen LogP contribution in [0.4, 0.5) is 0 Å². The fourth-order valence-electron chi connectivity index (χ4n) is 8.32. The lowest BCUT2D eigenvalue weighted by molar-refractivity contribution is -1.09. The normalized spacial score (nSPS) is 20.0. The fourth-order valence-corrected chi connectivity index (χ4v) is 8.32. The van der Waals surface area contributed by atoms with Gasteiger partial charge in [0, 0.05) is 23.4 Å². The summed E-state index contributed by atoms with van der Waals surface area (Å²) in [5.41, 5.74) is 14.2. The average Bonchev–Trinajstić information content (AvgIpc) is 3.21. The smallest absolute Gasteiger partial charge is 0.310 e. The van der Waals surface area contributed by atoms with Gasteiger partial charge in [-0.2, -0.15) is 0 Å². The highest BCUT2D eigenvalue weighted by Gasteiger charge is 2.48. The molecule has 56 heavy (non-hydrogen) atoms. The van der Waals surface area contributed by atoms with E-state index in [0.29, 0.717) is 19.4 Å². The van der Waals surface area contributed by atoms with Gasteiger partial charge in [0.25, 0.3) is 0 Å². The zero-order valence-electron chi connectivity index (χ0n) is 33.4. The molecule has 10 nitrogen and oxygen atoms in total. The number of fused-ring (bicyclic) bond motifs is 3. The number of benzene rings is 4. The molecule has 0 aliphatic carbocycles. The van der Waals surface area contributed by atoms with Gasteiger partial charge in [-0.15, -0.1) is 0 Å². The number of ether oxygens (including phenoxy) is 3. The van der Waals surface area contributed by atoms with E-state index in [9.17, 15) is 9.59 Å². The van der Waals surface area contributed by atoms with E-state index in [0.717, 1.165) is 57.6 Å². The predicted octanol–water partition coefficient (Wildman–Crippen LogP) is 8.33. The molecule has 0 saturated carbocycles. The molecule has 294 valence electrons. The van der Waals surface area contributed by atoms with Crippen molar-refractivity contribution >= 4 is 11.9 Å². The summed E-state index contributed by atoms with van der Waals surface area (Å²) in [6.45, 7) is 15.6. The first kappa shape index (κ1) is 40.5. The minimum Gasteiger partial charge on any atom is -0.497 e. The van der Waals surface area contributed by atoms with Crippen molar-refractivity contribution in [2.75, 3.05) is 59.5 Å². The number of carbonyl (C=O) groups is 2. The summed E-state index contributed by atoms with van der Waals surface area (Å²) in [6, 6.07) is 34.4. The largest absolute Gasteiger partial charge is 0.497 e. The highest BCUT2D eigenvalue weighted by Crippen LogP contribution is 2.32. The highest BCUT2D eigenvalue weighted by atomic mass is 16.6. The van der Waals surface area contributed by atoms with Crippen molar-refractivity contribution in [3.05, 3.63) is 136 Å². The molecule has 0 unspecified atom stereocenters. The molecule has 3 saturated heterocycles. The van der Waals surface area contributed by atoms with Crippen molar-refractivity contribution in [3.63, 3.8) is 0 Å². The van der Waals surface area contributed by atoms with Crippen molar-refractivity contribution in [2.24, 2.45) is 17.0 Å². The molecule has 0 N–H and O–H groups in total. The molecule has 0 amide bonds. The summed E-state index contributed by atoms with van der Waals surface area (Å²) < 4.78 is 19.5. The summed E-state index contributed by atoms with van der Waals surface area (Å²) in [7, 11) is 1.61. The van der Waals surface area contributed by atoms with Crippen molar-refractivity contribution in [3.8, 4) is 16.9 Å². The molecular weight excluding hydrogens is 703 g/mol. The highest BCUT2D eigenvalue weighted by molar-refractivity contribution is 5.83. The number of hydrogen-bond acceptors (Lipinski definition) is 6. The maximum atomic E-state index is 14.0. The number of methoxy groups -OCH3 is 1. The Labute approximate surface area is 331 Å². The van der Waals surface area contributed by atoms with E-state index in [1.54, 1.807) is 7.11 Å². The van der Waals surface area contributed by atoms with E-state index in [1.807, 2.05) is 75.4 Å². The second-order valence-corrected chi connectivity index (χ2v) is 16.7. The number of carbonyl (C=O) groups excluding carboxylic acids is 2. The third-order valence-corrected chi connectivity index (χ3v) is 11.7. The van der Waals surface area contributed by atoms with Gasteiger partial charge in [-0.05, 0) is 79.1 Å². The summed E-state index contributed by atoms with van der Waals surface area (Å²) in [5.74, 6) is -1.65. The van der Waals surface area contributed by atoms with E-state index in [1.165, 1.54) is 49.3 Å². The maximum absolute atomic E-state index is 14.0. The Kier molecular flexibility index (Phi) is 13.2. The molecule has 3 heterocycles. The van der Waals surface area contributed by atoms with E-state index in [-0.39, 0.29) is 6.61 Å². The van der Waals surface area contributed by atoms with Gasteiger partial charge in [-0.25, -0.2) is 0 Å². The van der Waals surface area contributed by atoms with Crippen molar-refractivity contribution in [2.45, 2.75) is 58.8 Å². The number of azide groups is 1. The van der Waals surface area contributed by atoms with Crippen LogP contribution in [0.3, 0.4) is 0 Å². The van der Waals surface area contributed by atoms with Gasteiger partial charge in [0.15, 0.2) is 0 Å². The molecule has 3 aliphatic rings. The molecule has 2 atom stereocenters. The molecule has 4 aromatic carbocycles. The minimum atomic E-state index is -0.762. The van der Waals surface area contributed by atoms with Crippen LogP contribution in [0, 0.1) is 11.8 Å². The fraction of sp³-hybridized carbons (Fsp3) is 0.435. The monoisotopic (exact) mass is 759 g/mol. The van der Waals surface area contributed by atoms with E-state index >= 15 is 0 Å². The molecule has 0 radical (unpaired) electrons. The van der Waals surface area contributed by atoms with Gasteiger partial charge >= 0.3 is 11.9 Å². The van der Waals surface area contributed by atoms with Gasteiger partial charge < -0.3 is 23.2 Å². The Bertz CT molecular complexity index is 1930. The summed E-state index contributed by atoms with van der Waals surface area (Å²) in [5, 5.41) is 3.74. The lowest BCUT2D eigenvalue weighted by Gasteiger charge is -2.55. The Morgan fingerprint density at radius 2 is 1.21 bits per heavy atom. The Balaban J connectivity index is 1.14. The number of hydrogen-bond donors (Lipinski definition) is 0. The van der Waals surface area contributed by atoms with Crippen molar-refractivity contribution in [1.82, 2.24) is 0 Å². The van der Waals surface area contributed by atoms with Gasteiger partial charge in [-0.3, -0.25) is 9.59 Å². The van der Waals surface area contributed by atoms with Crippen LogP contribution in [-0.2, 0) is 45.1 Å². The van der Waals surface area contributed by atoms with E-state index < -0.39 is 29.4 Å². The molecule has 0 aromatic heterocycles. The van der Waals surface area contributed by atoms with E-state index in [4.69, 9.17) is 19.7 Å². The predicted molar refractivity (Wildman–Crippen MR) is 218 cm³/mol. The summed E-state index contributed by atoms with van der Waals surface area (Å²) in [6.07, 6.45) is 1.64. The number of nitrogens with zero attached hydrogens (tertiary/aromatic N) is 5. The van der Waals surface area contributed by atoms with Gasteiger partial charge in [0.1, 0.15) is 63.8 Å². The third kappa shape index (κ3) is 10.8. The van der Waals surface area contributed by atoms with Crippen LogP contribution in [0.5, 0.6) is 5.75 Å². The van der Waals surface area contributed by atoms with Crippen LogP contribution in [0.25, 0.3) is 21.6 Å². The van der Waals surface area contributed by atoms with E-state index in [2.05, 4.69) is 58.6 Å². The molecule has 2 bridgehead atoms. The van der Waals surface area contributed by atoms with Gasteiger partial charge in [-0.1, -0.05) is 96.1 Å². The maximum Gasteiger partial charge on any atom is 0.310 e. The Morgan fingerprint density at radius 1 is 0.696 bits per heavy atom. The van der Waals surface area contributed by atoms with Crippen LogP contribution >= 0.6 is 0 Å². The number of piperazine rings is 3. The van der Waals surface area contributed by atoms with Crippen LogP contribution in [-0.4, -0.2) is 86.0 Å². The number of rotatable bonds is 17. The second kappa shape index (κ2) is 18.2. The van der Waals surface area contributed by atoms with Crippen LogP contribution in [0.15, 0.2) is 108 Å². The number of quaternary nitrogens is 2. The van der Waals surface area contributed by atoms with Crippen LogP contribution in [0.2, 0.25) is 0 Å². The zero-order valence-corrected chi connectivity index (χ0v) is 33.4. The topological polar surface area (TPSA) is 111 Å². The first-order valence-corrected chi connectivity index (χ1v) is 19.9. The second-order valence-electron chi connectivity index (χ2n) is 16.7. The lowest BCUT2D eigenvalue weighted by atomic mass is 9.82. The van der Waals surface area contributed by atoms with Gasteiger partial charge in [0.2, 0.25) is 0 Å². The molecule has 3 aliphatic heterocycles. The van der Waals surface area contributed by atoms with Crippen molar-refractivity contribution in [1.29, 1.82) is 0 Å². The summed E-state index contributed by atoms with van der Waals surface area (Å²) >= 11 is 0. The Morgan fingerprint density at radius 3 is 1.77 bits per heavy atom. The standard InChI is InChI=1S/C46H57N5O5/c1-46(2,3)56-45(53)43(42(31-35-9-6-5-7-10-35)44(52)55-34-38-15-21-41(54-4)22-16-38)32-36-11-17-39(18-12-36)40-19-13-37(14-20-40)33-51-28-25-50(26-29-51,27-30-51)24-8-23-48-49-47/h5-7,9-22,42-43H,8,23-34H2,1-4H3/q+2/t42-,43+,50?,51?/m1/s1. The number of esters is 2. The SMILES string of the molecule is COc1ccc(COC(=O)[C@H](Cc2ccccc2)[C@H](Cc2ccc(-c3ccc(C[N+]45CC[N+](CCCN=[N+]=[N-])(CC4)CC5)cc3)cc2)C(=O)OC(C)(C)C)cc1. The lowest BCUT2D eigenvalue weighted by Crippen LogP contribution is -2.74. The van der Waals surface area contributed by atoms with Crippen molar-refractivity contribution < 1.29 is 32.8 Å². The molecule has 4 aromatic rings.